The van der Waals surface area contributed by atoms with E-state index in [2.05, 4.69) is 26.3 Å². The van der Waals surface area contributed by atoms with Crippen LogP contribution in [0.4, 0.5) is 0 Å². The Kier molecular flexibility index (Phi) is 7.17. The molecule has 0 bridgehead atoms. The molecule has 2 saturated heterocycles. The quantitative estimate of drug-likeness (QED) is 0.346. The van der Waals surface area contributed by atoms with E-state index in [9.17, 15) is 18.0 Å². The summed E-state index contributed by atoms with van der Waals surface area (Å²) in [6.45, 7) is 8.09. The van der Waals surface area contributed by atoms with Gasteiger partial charge in [0.1, 0.15) is 5.75 Å². The summed E-state index contributed by atoms with van der Waals surface area (Å²) in [6, 6.07) is 11.9. The highest BCUT2D eigenvalue weighted by Crippen LogP contribution is 2.69. The van der Waals surface area contributed by atoms with E-state index in [1.807, 2.05) is 23.1 Å². The van der Waals surface area contributed by atoms with E-state index in [4.69, 9.17) is 4.74 Å². The Bertz CT molecular complexity index is 2110. The minimum atomic E-state index is -3.82. The number of likely N-dealkylation sites (tertiary alicyclic amines) is 2. The Morgan fingerprint density at radius 1 is 0.902 bits per heavy atom. The van der Waals surface area contributed by atoms with Gasteiger partial charge < -0.3 is 19.1 Å². The molecule has 2 aromatic carbocycles. The number of ether oxygens (including phenoxy) is 1. The van der Waals surface area contributed by atoms with Crippen LogP contribution in [0.3, 0.4) is 0 Å². The van der Waals surface area contributed by atoms with Gasteiger partial charge in [-0.05, 0) is 93.3 Å². The average molecular weight is 713 g/mol. The molecule has 3 aliphatic heterocycles. The lowest BCUT2D eigenvalue weighted by Gasteiger charge is -2.48. The number of methoxy groups -OCH3 is 1. The molecule has 51 heavy (non-hydrogen) atoms. The van der Waals surface area contributed by atoms with Crippen molar-refractivity contribution in [2.45, 2.75) is 95.8 Å². The molecule has 1 aromatic heterocycles. The predicted octanol–water partition coefficient (Wildman–Crippen LogP) is 5.79. The van der Waals surface area contributed by atoms with E-state index in [1.165, 1.54) is 12.0 Å². The molecule has 0 spiro atoms. The second-order valence-corrected chi connectivity index (χ2v) is 19.1. The number of fused-ring (bicyclic) bond motifs is 7. The van der Waals surface area contributed by atoms with E-state index in [1.54, 1.807) is 33.9 Å². The van der Waals surface area contributed by atoms with Crippen LogP contribution < -0.4 is 9.46 Å². The predicted molar refractivity (Wildman–Crippen MR) is 194 cm³/mol. The van der Waals surface area contributed by atoms with Crippen LogP contribution in [0.25, 0.3) is 22.2 Å². The molecule has 3 aliphatic carbocycles. The lowest BCUT2D eigenvalue weighted by atomic mass is 9.53. The van der Waals surface area contributed by atoms with E-state index in [0.717, 1.165) is 91.5 Å². The van der Waals surface area contributed by atoms with Crippen molar-refractivity contribution in [3.63, 3.8) is 0 Å². The molecular weight excluding hydrogens is 665 g/mol. The number of aromatic nitrogens is 1. The Labute approximate surface area is 299 Å². The molecule has 5 fully saturated rings. The van der Waals surface area contributed by atoms with Gasteiger partial charge in [0.25, 0.3) is 5.91 Å². The van der Waals surface area contributed by atoms with Crippen LogP contribution in [0.15, 0.2) is 36.4 Å². The molecule has 6 aliphatic rings. The molecule has 4 heterocycles. The van der Waals surface area contributed by atoms with Crippen molar-refractivity contribution in [2.75, 3.05) is 33.3 Å². The van der Waals surface area contributed by atoms with Gasteiger partial charge in [0.2, 0.25) is 21.8 Å². The summed E-state index contributed by atoms with van der Waals surface area (Å²) in [5.41, 5.74) is 5.12. The third-order valence-corrected chi connectivity index (χ3v) is 15.7. The first kappa shape index (κ1) is 33.0. The van der Waals surface area contributed by atoms with E-state index in [-0.39, 0.29) is 34.1 Å². The molecule has 4 atom stereocenters. The fraction of sp³-hybridized carbons (Fsp3) is 0.575. The molecule has 9 rings (SSSR count). The van der Waals surface area contributed by atoms with E-state index in [0.29, 0.717) is 25.6 Å². The first-order valence-corrected chi connectivity index (χ1v) is 20.3. The second-order valence-electron chi connectivity index (χ2n) is 16.9. The number of nitrogens with zero attached hydrogens (tertiary/aromatic N) is 3. The van der Waals surface area contributed by atoms with Gasteiger partial charge in [-0.15, -0.1) is 0 Å². The summed E-state index contributed by atoms with van der Waals surface area (Å²) >= 11 is 0. The summed E-state index contributed by atoms with van der Waals surface area (Å²) in [5, 5.41) is 0.322. The van der Waals surface area contributed by atoms with Crippen LogP contribution in [0.5, 0.6) is 5.75 Å². The minimum Gasteiger partial charge on any atom is -0.497 e. The molecule has 3 amide bonds. The zero-order valence-corrected chi connectivity index (χ0v) is 30.9. The Morgan fingerprint density at radius 3 is 2.22 bits per heavy atom. The van der Waals surface area contributed by atoms with Crippen molar-refractivity contribution >= 4 is 38.6 Å². The zero-order valence-electron chi connectivity index (χ0n) is 30.1. The zero-order chi connectivity index (χ0) is 35.7. The van der Waals surface area contributed by atoms with Crippen molar-refractivity contribution in [2.24, 2.45) is 16.2 Å². The summed E-state index contributed by atoms with van der Waals surface area (Å²) in [5.74, 6) is 0.794. The fourth-order valence-electron chi connectivity index (χ4n) is 10.9. The van der Waals surface area contributed by atoms with Crippen molar-refractivity contribution in [3.8, 4) is 17.0 Å². The van der Waals surface area contributed by atoms with E-state index < -0.39 is 26.6 Å². The maximum absolute atomic E-state index is 15.2. The van der Waals surface area contributed by atoms with Crippen molar-refractivity contribution < 1.29 is 27.5 Å². The van der Waals surface area contributed by atoms with E-state index >= 15 is 4.79 Å². The third-order valence-electron chi connectivity index (χ3n) is 14.0. The summed E-state index contributed by atoms with van der Waals surface area (Å²) < 4.78 is 35.8. The first-order chi connectivity index (χ1) is 24.3. The average Bonchev–Trinajstić information content (AvgIpc) is 3.64. The topological polar surface area (TPSA) is 118 Å². The second kappa shape index (κ2) is 11.1. The van der Waals surface area contributed by atoms with Gasteiger partial charge in [0, 0.05) is 78.4 Å². The molecule has 270 valence electrons. The van der Waals surface area contributed by atoms with Crippen LogP contribution in [0, 0.1) is 16.2 Å². The molecule has 1 N–H and O–H groups in total. The van der Waals surface area contributed by atoms with Gasteiger partial charge >= 0.3 is 0 Å². The number of benzene rings is 2. The van der Waals surface area contributed by atoms with Gasteiger partial charge in [-0.3, -0.25) is 14.4 Å². The fourth-order valence-corrected chi connectivity index (χ4v) is 11.5. The number of hydrogen-bond donors (Lipinski definition) is 1. The van der Waals surface area contributed by atoms with Gasteiger partial charge in [0.05, 0.1) is 23.5 Å². The number of hydrogen-bond acceptors (Lipinski definition) is 6. The number of carbonyl (C=O) groups excluding carboxylic acids is 3. The Morgan fingerprint density at radius 2 is 1.59 bits per heavy atom. The van der Waals surface area contributed by atoms with Gasteiger partial charge in [-0.25, -0.2) is 13.1 Å². The van der Waals surface area contributed by atoms with Gasteiger partial charge in [0.15, 0.2) is 0 Å². The highest BCUT2D eigenvalue weighted by Gasteiger charge is 2.72. The Hall–Kier alpha value is -3.86. The maximum Gasteiger partial charge on any atom is 0.264 e. The SMILES string of the molecule is COc1ccc2c(c1)[C@@H]1C[C@]1(C(=O)N1CC34CCC3(CN(C(C)=O)C4)C1)Cn1c-2c(C2CCCCC2)c2ccc(C(=O)NS(=O)(=O)C(C)C)cc21. The normalized spacial score (nSPS) is 29.4. The highest BCUT2D eigenvalue weighted by atomic mass is 32.2. The van der Waals surface area contributed by atoms with Crippen LogP contribution in [-0.2, 0) is 26.2 Å². The third kappa shape index (κ3) is 4.64. The first-order valence-electron chi connectivity index (χ1n) is 18.8. The smallest absolute Gasteiger partial charge is 0.264 e. The molecule has 10 nitrogen and oxygen atoms in total. The summed E-state index contributed by atoms with van der Waals surface area (Å²) in [4.78, 5) is 45.2. The minimum absolute atomic E-state index is 0.0146. The lowest BCUT2D eigenvalue weighted by molar-refractivity contribution is -0.137. The van der Waals surface area contributed by atoms with Crippen LogP contribution in [0.1, 0.15) is 105 Å². The summed E-state index contributed by atoms with van der Waals surface area (Å²) in [6.07, 6.45) is 8.51. The molecular formula is C40H48N4O6S. The van der Waals surface area contributed by atoms with Crippen LogP contribution >= 0.6 is 0 Å². The molecule has 0 radical (unpaired) electrons. The van der Waals surface area contributed by atoms with Gasteiger partial charge in [-0.2, -0.15) is 0 Å². The molecule has 11 heteroatoms. The van der Waals surface area contributed by atoms with Crippen LogP contribution in [0.2, 0.25) is 0 Å². The number of sulfonamides is 1. The van der Waals surface area contributed by atoms with Gasteiger partial charge in [-0.1, -0.05) is 25.3 Å². The maximum atomic E-state index is 15.2. The standard InChI is InChI=1S/C40H48N4O6S/c1-24(2)51(48,49)41-36(46)27-10-12-30-33(16-27)44-23-40(37(47)43-21-38-14-15-39(38,22-43)20-42(19-38)25(3)45)18-32(40)31-17-28(50-4)11-13-29(31)35(44)34(30)26-8-6-5-7-9-26/h10-13,16-17,24,26,32H,5-9,14-15,18-23H2,1-4H3,(H,41,46)/t32-,38?,39?,40-/m0/s1. The monoisotopic (exact) mass is 712 g/mol. The molecule has 2 unspecified atom stereocenters. The number of carbonyl (C=O) groups is 3. The number of rotatable bonds is 6. The molecule has 3 aromatic rings. The van der Waals surface area contributed by atoms with Crippen molar-refractivity contribution in [3.05, 3.63) is 53.1 Å². The van der Waals surface area contributed by atoms with Crippen molar-refractivity contribution in [1.29, 1.82) is 0 Å². The highest BCUT2D eigenvalue weighted by molar-refractivity contribution is 7.90. The van der Waals surface area contributed by atoms with Crippen LogP contribution in [-0.4, -0.2) is 79.0 Å². The molecule has 3 saturated carbocycles. The largest absolute Gasteiger partial charge is 0.497 e. The van der Waals surface area contributed by atoms with Crippen molar-refractivity contribution in [1.82, 2.24) is 19.1 Å². The number of nitrogens with one attached hydrogen (secondary N) is 1. The summed E-state index contributed by atoms with van der Waals surface area (Å²) in [7, 11) is -2.14. The Balaban J connectivity index is 1.18. The lowest BCUT2D eigenvalue weighted by Crippen LogP contribution is -2.49. The number of amides is 3.